The second-order valence-corrected chi connectivity index (χ2v) is 3.99. The van der Waals surface area contributed by atoms with E-state index < -0.39 is 0 Å². The molecule has 0 spiro atoms. The fraction of sp³-hybridized carbons (Fsp3) is 0.308. The Hall–Kier alpha value is -1.28. The summed E-state index contributed by atoms with van der Waals surface area (Å²) in [5.74, 6) is 1.69. The topological polar surface area (TPSA) is 26.0 Å². The molecule has 0 aliphatic heterocycles. The SMILES string of the molecule is C=C/C=C(\C=C/CCl)c1cc(C(C)C)on1. The largest absolute Gasteiger partial charge is 0.361 e. The Morgan fingerprint density at radius 1 is 1.62 bits per heavy atom. The molecule has 1 rings (SSSR count). The Balaban J connectivity index is 2.97. The van der Waals surface area contributed by atoms with Crippen LogP contribution in [0.1, 0.15) is 31.2 Å². The van der Waals surface area contributed by atoms with Crippen molar-refractivity contribution >= 4 is 17.2 Å². The van der Waals surface area contributed by atoms with Crippen LogP contribution in [0.2, 0.25) is 0 Å². The molecule has 0 unspecified atom stereocenters. The lowest BCUT2D eigenvalue weighted by molar-refractivity contribution is 0.370. The average Bonchev–Trinajstić information content (AvgIpc) is 2.73. The number of rotatable bonds is 5. The Morgan fingerprint density at radius 3 is 2.88 bits per heavy atom. The minimum Gasteiger partial charge on any atom is -0.361 e. The third-order valence-electron chi connectivity index (χ3n) is 2.08. The van der Waals surface area contributed by atoms with E-state index in [9.17, 15) is 0 Å². The number of halogens is 1. The highest BCUT2D eigenvalue weighted by molar-refractivity contribution is 6.19. The first-order valence-electron chi connectivity index (χ1n) is 5.21. The van der Waals surface area contributed by atoms with Crippen molar-refractivity contribution in [2.24, 2.45) is 0 Å². The van der Waals surface area contributed by atoms with Crippen LogP contribution in [0.4, 0.5) is 0 Å². The van der Waals surface area contributed by atoms with Gasteiger partial charge >= 0.3 is 0 Å². The second-order valence-electron chi connectivity index (χ2n) is 3.68. The third kappa shape index (κ3) is 3.38. The van der Waals surface area contributed by atoms with E-state index in [1.807, 2.05) is 24.3 Å². The van der Waals surface area contributed by atoms with Crippen LogP contribution in [0.5, 0.6) is 0 Å². The van der Waals surface area contributed by atoms with Gasteiger partial charge in [0.15, 0.2) is 0 Å². The molecule has 1 heterocycles. The predicted molar refractivity (Wildman–Crippen MR) is 68.6 cm³/mol. The van der Waals surface area contributed by atoms with Gasteiger partial charge in [0, 0.05) is 23.4 Å². The minimum absolute atomic E-state index is 0.336. The standard InChI is InChI=1S/C13H16ClNO/c1-4-6-11(7-5-8-14)12-9-13(10(2)3)16-15-12/h4-7,9-10H,1,8H2,2-3H3/b7-5-,11-6+. The fourth-order valence-corrected chi connectivity index (χ4v) is 1.31. The van der Waals surface area contributed by atoms with Crippen LogP contribution in [0.15, 0.2) is 41.5 Å². The average molecular weight is 238 g/mol. The number of alkyl halides is 1. The van der Waals surface area contributed by atoms with Crippen molar-refractivity contribution in [3.8, 4) is 0 Å². The third-order valence-corrected chi connectivity index (χ3v) is 2.26. The van der Waals surface area contributed by atoms with Crippen molar-refractivity contribution in [1.29, 1.82) is 0 Å². The van der Waals surface area contributed by atoms with E-state index in [0.29, 0.717) is 11.8 Å². The number of hydrogen-bond acceptors (Lipinski definition) is 2. The number of allylic oxidation sites excluding steroid dienone is 5. The van der Waals surface area contributed by atoms with Crippen LogP contribution in [0.3, 0.4) is 0 Å². The van der Waals surface area contributed by atoms with Gasteiger partial charge < -0.3 is 4.52 Å². The van der Waals surface area contributed by atoms with Gasteiger partial charge in [-0.05, 0) is 0 Å². The van der Waals surface area contributed by atoms with Gasteiger partial charge in [-0.25, -0.2) is 0 Å². The van der Waals surface area contributed by atoms with Crippen LogP contribution in [0.25, 0.3) is 5.57 Å². The maximum absolute atomic E-state index is 5.61. The van der Waals surface area contributed by atoms with Crippen LogP contribution >= 0.6 is 11.6 Å². The summed E-state index contributed by atoms with van der Waals surface area (Å²) >= 11 is 5.61. The van der Waals surface area contributed by atoms with Crippen LogP contribution < -0.4 is 0 Å². The maximum atomic E-state index is 5.61. The molecule has 0 aromatic carbocycles. The van der Waals surface area contributed by atoms with Crippen molar-refractivity contribution in [3.63, 3.8) is 0 Å². The molecule has 0 aliphatic rings. The fourth-order valence-electron chi connectivity index (χ4n) is 1.22. The summed E-state index contributed by atoms with van der Waals surface area (Å²) in [4.78, 5) is 0. The molecule has 0 saturated heterocycles. The first-order chi connectivity index (χ1) is 7.69. The lowest BCUT2D eigenvalue weighted by Crippen LogP contribution is -1.82. The minimum atomic E-state index is 0.336. The molecule has 0 radical (unpaired) electrons. The molecule has 2 nitrogen and oxygen atoms in total. The van der Waals surface area contributed by atoms with Crippen LogP contribution in [-0.2, 0) is 0 Å². The predicted octanol–water partition coefficient (Wildman–Crippen LogP) is 4.16. The summed E-state index contributed by atoms with van der Waals surface area (Å²) in [7, 11) is 0. The highest BCUT2D eigenvalue weighted by atomic mass is 35.5. The molecule has 86 valence electrons. The van der Waals surface area contributed by atoms with Gasteiger partial charge in [-0.1, -0.05) is 49.9 Å². The number of nitrogens with zero attached hydrogens (tertiary/aromatic N) is 1. The van der Waals surface area contributed by atoms with E-state index in [-0.39, 0.29) is 0 Å². The Kier molecular flexibility index (Phi) is 5.06. The highest BCUT2D eigenvalue weighted by Crippen LogP contribution is 2.21. The molecule has 0 N–H and O–H groups in total. The molecular weight excluding hydrogens is 222 g/mol. The lowest BCUT2D eigenvalue weighted by atomic mass is 10.1. The van der Waals surface area contributed by atoms with Gasteiger partial charge in [0.05, 0.1) is 0 Å². The molecule has 3 heteroatoms. The van der Waals surface area contributed by atoms with E-state index in [1.54, 1.807) is 6.08 Å². The molecule has 0 amide bonds. The van der Waals surface area contributed by atoms with Crippen molar-refractivity contribution < 1.29 is 4.52 Å². The summed E-state index contributed by atoms with van der Waals surface area (Å²) in [6.07, 6.45) is 7.37. The molecule has 0 saturated carbocycles. The maximum Gasteiger partial charge on any atom is 0.139 e. The smallest absolute Gasteiger partial charge is 0.139 e. The summed E-state index contributed by atoms with van der Waals surface area (Å²) in [5.41, 5.74) is 1.76. The summed E-state index contributed by atoms with van der Waals surface area (Å²) in [6, 6.07) is 1.94. The molecule has 1 aromatic rings. The van der Waals surface area contributed by atoms with Gasteiger partial charge in [0.2, 0.25) is 0 Å². The molecule has 0 bridgehead atoms. The normalized spacial score (nSPS) is 12.6. The summed E-state index contributed by atoms with van der Waals surface area (Å²) in [5, 5.41) is 4.02. The molecule has 0 aliphatic carbocycles. The zero-order chi connectivity index (χ0) is 12.0. The summed E-state index contributed by atoms with van der Waals surface area (Å²) < 4.78 is 5.24. The quantitative estimate of drug-likeness (QED) is 0.568. The molecular formula is C13H16ClNO. The highest BCUT2D eigenvalue weighted by Gasteiger charge is 2.09. The van der Waals surface area contributed by atoms with E-state index >= 15 is 0 Å². The van der Waals surface area contributed by atoms with Gasteiger partial charge in [0.1, 0.15) is 11.5 Å². The van der Waals surface area contributed by atoms with Crippen molar-refractivity contribution in [2.75, 3.05) is 5.88 Å². The van der Waals surface area contributed by atoms with Gasteiger partial charge in [-0.3, -0.25) is 0 Å². The van der Waals surface area contributed by atoms with Crippen LogP contribution in [0, 0.1) is 0 Å². The van der Waals surface area contributed by atoms with Gasteiger partial charge in [-0.2, -0.15) is 0 Å². The van der Waals surface area contributed by atoms with Crippen LogP contribution in [-0.4, -0.2) is 11.0 Å². The second kappa shape index (κ2) is 6.33. The zero-order valence-electron chi connectivity index (χ0n) is 9.61. The molecule has 16 heavy (non-hydrogen) atoms. The number of aromatic nitrogens is 1. The Labute approximate surface area is 101 Å². The molecule has 0 atom stereocenters. The van der Waals surface area contributed by atoms with E-state index in [1.165, 1.54) is 0 Å². The van der Waals surface area contributed by atoms with Crippen molar-refractivity contribution in [1.82, 2.24) is 5.16 Å². The zero-order valence-corrected chi connectivity index (χ0v) is 10.4. The van der Waals surface area contributed by atoms with Crippen molar-refractivity contribution in [3.05, 3.63) is 48.4 Å². The molecule has 1 aromatic heterocycles. The first-order valence-corrected chi connectivity index (χ1v) is 5.74. The van der Waals surface area contributed by atoms with E-state index in [2.05, 4.69) is 25.6 Å². The Morgan fingerprint density at radius 2 is 2.38 bits per heavy atom. The number of hydrogen-bond donors (Lipinski definition) is 0. The van der Waals surface area contributed by atoms with E-state index in [0.717, 1.165) is 17.0 Å². The van der Waals surface area contributed by atoms with Gasteiger partial charge in [0.25, 0.3) is 0 Å². The monoisotopic (exact) mass is 237 g/mol. The van der Waals surface area contributed by atoms with E-state index in [4.69, 9.17) is 16.1 Å². The Bertz CT molecular complexity index is 402. The van der Waals surface area contributed by atoms with Crippen molar-refractivity contribution in [2.45, 2.75) is 19.8 Å². The lowest BCUT2D eigenvalue weighted by Gasteiger charge is -1.94. The first kappa shape index (κ1) is 12.8. The molecule has 0 fully saturated rings. The van der Waals surface area contributed by atoms with Gasteiger partial charge in [-0.15, -0.1) is 11.6 Å². The summed E-state index contributed by atoms with van der Waals surface area (Å²) in [6.45, 7) is 7.80.